The molecule has 0 radical (unpaired) electrons. The van der Waals surface area contributed by atoms with Gasteiger partial charge in [0.2, 0.25) is 0 Å². The van der Waals surface area contributed by atoms with Gasteiger partial charge in [-0.25, -0.2) is 4.98 Å². The predicted octanol–water partition coefficient (Wildman–Crippen LogP) is 4.32. The van der Waals surface area contributed by atoms with Gasteiger partial charge in [0, 0.05) is 22.7 Å². The standard InChI is InChI=1S/C17H29N3S/c1-7-13(9-10-20-18)17(6,8-2)11-14-12-19-15(21-14)16(3,4)5/h7,9-10,12,20H,8,11,18H2,1-6H3/b10-9-,13-7+. The zero-order valence-electron chi connectivity index (χ0n) is 14.2. The van der Waals surface area contributed by atoms with Crippen molar-refractivity contribution in [2.45, 2.75) is 59.8 Å². The predicted molar refractivity (Wildman–Crippen MR) is 93.1 cm³/mol. The first-order valence-electron chi connectivity index (χ1n) is 7.51. The van der Waals surface area contributed by atoms with E-state index in [-0.39, 0.29) is 10.8 Å². The lowest BCUT2D eigenvalue weighted by atomic mass is 9.76. The Balaban J connectivity index is 3.00. The molecular formula is C17H29N3S. The molecule has 0 aliphatic carbocycles. The Morgan fingerprint density at radius 2 is 2.05 bits per heavy atom. The molecular weight excluding hydrogens is 278 g/mol. The summed E-state index contributed by atoms with van der Waals surface area (Å²) in [7, 11) is 0. The summed E-state index contributed by atoms with van der Waals surface area (Å²) in [6.07, 6.45) is 10.1. The van der Waals surface area contributed by atoms with Crippen LogP contribution in [-0.2, 0) is 11.8 Å². The maximum absolute atomic E-state index is 5.35. The van der Waals surface area contributed by atoms with Gasteiger partial charge in [-0.15, -0.1) is 11.3 Å². The summed E-state index contributed by atoms with van der Waals surface area (Å²) in [5.41, 5.74) is 4.11. The van der Waals surface area contributed by atoms with Crippen LogP contribution in [0.5, 0.6) is 0 Å². The van der Waals surface area contributed by atoms with Crippen molar-refractivity contribution in [2.75, 3.05) is 0 Å². The van der Waals surface area contributed by atoms with E-state index >= 15 is 0 Å². The molecule has 0 amide bonds. The quantitative estimate of drug-likeness (QED) is 0.467. The molecule has 0 aliphatic heterocycles. The van der Waals surface area contributed by atoms with Crippen LogP contribution in [0.4, 0.5) is 0 Å². The number of thiazole rings is 1. The molecule has 1 aromatic rings. The van der Waals surface area contributed by atoms with Crippen molar-refractivity contribution in [3.8, 4) is 0 Å². The molecule has 0 bridgehead atoms. The molecule has 1 aromatic heterocycles. The van der Waals surface area contributed by atoms with E-state index in [1.807, 2.05) is 17.5 Å². The highest BCUT2D eigenvalue weighted by Gasteiger charge is 2.27. The molecule has 4 heteroatoms. The third-order valence-electron chi connectivity index (χ3n) is 3.91. The number of aromatic nitrogens is 1. The molecule has 0 aromatic carbocycles. The second-order valence-electron chi connectivity index (χ2n) is 6.72. The average Bonchev–Trinajstić information content (AvgIpc) is 2.87. The van der Waals surface area contributed by atoms with E-state index in [9.17, 15) is 0 Å². The second kappa shape index (κ2) is 7.23. The Kier molecular flexibility index (Phi) is 6.17. The summed E-state index contributed by atoms with van der Waals surface area (Å²) >= 11 is 1.83. The summed E-state index contributed by atoms with van der Waals surface area (Å²) < 4.78 is 0. The van der Waals surface area contributed by atoms with Crippen LogP contribution < -0.4 is 11.3 Å². The molecule has 118 valence electrons. The molecule has 0 spiro atoms. The van der Waals surface area contributed by atoms with Crippen molar-refractivity contribution in [1.82, 2.24) is 10.4 Å². The fourth-order valence-electron chi connectivity index (χ4n) is 2.34. The lowest BCUT2D eigenvalue weighted by molar-refractivity contribution is 0.390. The van der Waals surface area contributed by atoms with Crippen LogP contribution in [0.25, 0.3) is 0 Å². The van der Waals surface area contributed by atoms with Gasteiger partial charge in [0.05, 0.1) is 5.01 Å². The van der Waals surface area contributed by atoms with Crippen molar-refractivity contribution < 1.29 is 0 Å². The SMILES string of the molecule is C/C=C(\C=C/NN)C(C)(CC)Cc1cnc(C(C)(C)C)s1. The fraction of sp³-hybridized carbons (Fsp3) is 0.588. The van der Waals surface area contributed by atoms with Crippen molar-refractivity contribution in [2.24, 2.45) is 11.3 Å². The second-order valence-corrected chi connectivity index (χ2v) is 7.83. The minimum atomic E-state index is 0.101. The molecule has 0 saturated carbocycles. The van der Waals surface area contributed by atoms with Crippen molar-refractivity contribution in [1.29, 1.82) is 0 Å². The van der Waals surface area contributed by atoms with E-state index in [0.29, 0.717) is 0 Å². The van der Waals surface area contributed by atoms with E-state index in [1.54, 1.807) is 6.20 Å². The molecule has 0 aliphatic rings. The average molecular weight is 308 g/mol. The van der Waals surface area contributed by atoms with Crippen LogP contribution >= 0.6 is 11.3 Å². The third-order valence-corrected chi connectivity index (χ3v) is 5.33. The maximum Gasteiger partial charge on any atom is 0.0981 e. The summed E-state index contributed by atoms with van der Waals surface area (Å²) in [4.78, 5) is 5.95. The van der Waals surface area contributed by atoms with Gasteiger partial charge in [-0.2, -0.15) is 0 Å². The minimum Gasteiger partial charge on any atom is -0.331 e. The molecule has 1 unspecified atom stereocenters. The van der Waals surface area contributed by atoms with Crippen LogP contribution in [0.3, 0.4) is 0 Å². The topological polar surface area (TPSA) is 50.9 Å². The fourth-order valence-corrected chi connectivity index (χ4v) is 3.49. The first-order valence-corrected chi connectivity index (χ1v) is 8.33. The Morgan fingerprint density at radius 3 is 2.48 bits per heavy atom. The number of nitrogens with one attached hydrogen (secondary N) is 1. The zero-order chi connectivity index (χ0) is 16.1. The first-order chi connectivity index (χ1) is 9.76. The number of hydrogen-bond donors (Lipinski definition) is 2. The number of hydrazine groups is 1. The highest BCUT2D eigenvalue weighted by Crippen LogP contribution is 2.38. The molecule has 1 atom stereocenters. The minimum absolute atomic E-state index is 0.101. The lowest BCUT2D eigenvalue weighted by Crippen LogP contribution is -2.21. The zero-order valence-corrected chi connectivity index (χ0v) is 15.0. The lowest BCUT2D eigenvalue weighted by Gasteiger charge is -2.29. The van der Waals surface area contributed by atoms with E-state index in [0.717, 1.165) is 12.8 Å². The van der Waals surface area contributed by atoms with Gasteiger partial charge >= 0.3 is 0 Å². The maximum atomic E-state index is 5.35. The van der Waals surface area contributed by atoms with Crippen LogP contribution in [0, 0.1) is 5.41 Å². The Hall–Kier alpha value is -1.13. The van der Waals surface area contributed by atoms with Crippen LogP contribution in [0.1, 0.15) is 57.8 Å². The Morgan fingerprint density at radius 1 is 1.38 bits per heavy atom. The number of nitrogens with zero attached hydrogens (tertiary/aromatic N) is 1. The number of hydrogen-bond acceptors (Lipinski definition) is 4. The molecule has 3 N–H and O–H groups in total. The van der Waals surface area contributed by atoms with Gasteiger partial charge in [-0.05, 0) is 36.8 Å². The van der Waals surface area contributed by atoms with Crippen LogP contribution in [-0.4, -0.2) is 4.98 Å². The van der Waals surface area contributed by atoms with Gasteiger partial charge in [0.15, 0.2) is 0 Å². The third kappa shape index (κ3) is 4.68. The number of allylic oxidation sites excluding steroid dienone is 3. The smallest absolute Gasteiger partial charge is 0.0981 e. The van der Waals surface area contributed by atoms with E-state index in [4.69, 9.17) is 5.84 Å². The highest BCUT2D eigenvalue weighted by molar-refractivity contribution is 7.11. The van der Waals surface area contributed by atoms with E-state index < -0.39 is 0 Å². The van der Waals surface area contributed by atoms with Crippen LogP contribution in [0.2, 0.25) is 0 Å². The molecule has 0 saturated heterocycles. The molecule has 3 nitrogen and oxygen atoms in total. The van der Waals surface area contributed by atoms with Crippen LogP contribution in [0.15, 0.2) is 30.1 Å². The van der Waals surface area contributed by atoms with Crippen molar-refractivity contribution >= 4 is 11.3 Å². The van der Waals surface area contributed by atoms with Gasteiger partial charge in [-0.1, -0.05) is 40.7 Å². The highest BCUT2D eigenvalue weighted by atomic mass is 32.1. The Labute approximate surface area is 133 Å². The summed E-state index contributed by atoms with van der Waals surface area (Å²) in [6.45, 7) is 13.3. The monoisotopic (exact) mass is 307 g/mol. The summed E-state index contributed by atoms with van der Waals surface area (Å²) in [6, 6.07) is 0. The van der Waals surface area contributed by atoms with E-state index in [2.05, 4.69) is 64.1 Å². The summed E-state index contributed by atoms with van der Waals surface area (Å²) in [5, 5.41) is 1.21. The van der Waals surface area contributed by atoms with Crippen molar-refractivity contribution in [3.05, 3.63) is 40.0 Å². The van der Waals surface area contributed by atoms with Crippen molar-refractivity contribution in [3.63, 3.8) is 0 Å². The molecule has 1 rings (SSSR count). The molecule has 21 heavy (non-hydrogen) atoms. The number of rotatable bonds is 6. The largest absolute Gasteiger partial charge is 0.331 e. The van der Waals surface area contributed by atoms with Gasteiger partial charge < -0.3 is 5.43 Å². The van der Waals surface area contributed by atoms with E-state index in [1.165, 1.54) is 15.5 Å². The summed E-state index contributed by atoms with van der Waals surface area (Å²) in [5.74, 6) is 5.35. The van der Waals surface area contributed by atoms with Gasteiger partial charge in [0.25, 0.3) is 0 Å². The molecule has 0 fully saturated rings. The van der Waals surface area contributed by atoms with Gasteiger partial charge in [0.1, 0.15) is 0 Å². The first kappa shape index (κ1) is 17.9. The van der Waals surface area contributed by atoms with Gasteiger partial charge in [-0.3, -0.25) is 5.84 Å². The normalized spacial score (nSPS) is 16.2. The Bertz CT molecular complexity index is 508. The number of nitrogens with two attached hydrogens (primary N) is 1. The molecule has 1 heterocycles.